The van der Waals surface area contributed by atoms with Crippen LogP contribution in [0, 0.1) is 11.3 Å². The lowest BCUT2D eigenvalue weighted by atomic mass is 9.89. The Morgan fingerprint density at radius 1 is 0.660 bits per heavy atom. The Kier molecular flexibility index (Phi) is 12.3. The number of hydrogen-bond acceptors (Lipinski definition) is 6. The predicted octanol–water partition coefficient (Wildman–Crippen LogP) is 12.9. The minimum atomic E-state index is -4.62. The minimum absolute atomic E-state index is 0.0445. The molecule has 276 valence electrons. The molecule has 6 rings (SSSR count). The molecule has 2 atom stereocenters. The van der Waals surface area contributed by atoms with Crippen LogP contribution in [0.25, 0.3) is 0 Å². The number of nitrogens with zero attached hydrogens (tertiary/aromatic N) is 3. The van der Waals surface area contributed by atoms with Gasteiger partial charge in [-0.3, -0.25) is 4.79 Å². The first-order valence-electron chi connectivity index (χ1n) is 14.6. The fourth-order valence-corrected chi connectivity index (χ4v) is 8.85. The summed E-state index contributed by atoms with van der Waals surface area (Å²) in [5, 5.41) is 9.56. The first-order valence-corrected chi connectivity index (χ1v) is 18.4. The van der Waals surface area contributed by atoms with Crippen LogP contribution in [-0.2, 0) is 9.49 Å². The zero-order valence-corrected chi connectivity index (χ0v) is 32.2. The molecule has 2 aliphatic heterocycles. The molecule has 5 nitrogen and oxygen atoms in total. The largest absolute Gasteiger partial charge is 0.409 e. The van der Waals surface area contributed by atoms with Gasteiger partial charge in [-0.2, -0.15) is 31.6 Å². The molecule has 53 heavy (non-hydrogen) atoms. The maximum Gasteiger partial charge on any atom is 0.409 e. The maximum absolute atomic E-state index is 14.0. The number of carbonyl (C=O) groups is 1. The third-order valence-corrected chi connectivity index (χ3v) is 12.0. The van der Waals surface area contributed by atoms with Gasteiger partial charge in [0.15, 0.2) is 9.49 Å². The molecule has 0 saturated carbocycles. The van der Waals surface area contributed by atoms with Gasteiger partial charge in [-0.05, 0) is 107 Å². The Morgan fingerprint density at radius 3 is 1.40 bits per heavy atom. The van der Waals surface area contributed by atoms with Crippen LogP contribution in [0.5, 0.6) is 0 Å². The van der Waals surface area contributed by atoms with Gasteiger partial charge in [0.05, 0.1) is 32.6 Å². The number of nitriles is 1. The van der Waals surface area contributed by atoms with Crippen LogP contribution in [0.15, 0.2) is 81.6 Å². The van der Waals surface area contributed by atoms with Gasteiger partial charge in [-0.1, -0.05) is 81.7 Å². The van der Waals surface area contributed by atoms with Crippen molar-refractivity contribution < 1.29 is 31.1 Å². The molecule has 19 heteroatoms. The van der Waals surface area contributed by atoms with Crippen molar-refractivity contribution in [1.82, 2.24) is 0 Å². The van der Waals surface area contributed by atoms with Crippen molar-refractivity contribution in [1.29, 1.82) is 5.26 Å². The highest BCUT2D eigenvalue weighted by Gasteiger charge is 2.61. The molecular weight excluding hydrogens is 871 g/mol. The Morgan fingerprint density at radius 2 is 1.06 bits per heavy atom. The zero-order chi connectivity index (χ0) is 39.1. The van der Waals surface area contributed by atoms with Gasteiger partial charge in [-0.25, -0.2) is 8.80 Å². The van der Waals surface area contributed by atoms with Crippen LogP contribution in [-0.4, -0.2) is 29.7 Å². The molecule has 4 aromatic carbocycles. The highest BCUT2D eigenvalue weighted by molar-refractivity contribution is 7.99. The Hall–Kier alpha value is -2.80. The Bertz CT molecular complexity index is 2190. The molecule has 1 amide bonds. The first kappa shape index (κ1) is 41.4. The second kappa shape index (κ2) is 15.7. The molecule has 0 aromatic heterocycles. The average molecular weight is 889 g/mol. The molecular formula is C34H18Cl6F6N4OS2. The average Bonchev–Trinajstić information content (AvgIpc) is 3.72. The van der Waals surface area contributed by atoms with Gasteiger partial charge in [-0.15, -0.1) is 0 Å². The predicted molar refractivity (Wildman–Crippen MR) is 202 cm³/mol. The lowest BCUT2D eigenvalue weighted by Gasteiger charge is -2.30. The van der Waals surface area contributed by atoms with Crippen molar-refractivity contribution in [2.24, 2.45) is 14.5 Å². The Balaban J connectivity index is 0.000000204. The smallest absolute Gasteiger partial charge is 0.366 e. The number of benzene rings is 4. The van der Waals surface area contributed by atoms with E-state index < -0.39 is 40.6 Å². The summed E-state index contributed by atoms with van der Waals surface area (Å²) in [6.45, 7) is 0. The first-order chi connectivity index (χ1) is 24.7. The monoisotopic (exact) mass is 886 g/mol. The molecule has 2 heterocycles. The molecule has 2 N–H and O–H groups in total. The van der Waals surface area contributed by atoms with E-state index in [-0.39, 0.29) is 63.8 Å². The van der Waals surface area contributed by atoms with Crippen LogP contribution in [0.3, 0.4) is 0 Å². The minimum Gasteiger partial charge on any atom is -0.366 e. The molecule has 2 unspecified atom stereocenters. The summed E-state index contributed by atoms with van der Waals surface area (Å²) >= 11 is 36.4. The van der Waals surface area contributed by atoms with E-state index in [1.807, 2.05) is 6.07 Å². The molecule has 0 fully saturated rings. The lowest BCUT2D eigenvalue weighted by Crippen LogP contribution is -2.38. The van der Waals surface area contributed by atoms with E-state index in [0.29, 0.717) is 35.0 Å². The van der Waals surface area contributed by atoms with E-state index >= 15 is 0 Å². The SMILES string of the molecule is N#Cc1ccc(C2=NSC(c3cc(Cl)cc(Cl)c3)(C(F)(F)F)C2)cc1Cl.NC(=O)c1ccc(C2=NSC(c3cc(Cl)cc(Cl)c3)(C(F)(F)F)C2)cc1Cl. The third-order valence-electron chi connectivity index (χ3n) is 8.02. The number of alkyl halides is 6. The number of nitrogens with two attached hydrogens (primary N) is 1. The van der Waals surface area contributed by atoms with Gasteiger partial charge in [0.25, 0.3) is 0 Å². The van der Waals surface area contributed by atoms with Crippen LogP contribution >= 0.6 is 93.5 Å². The van der Waals surface area contributed by atoms with Gasteiger partial charge in [0, 0.05) is 32.9 Å². The molecule has 0 spiro atoms. The normalized spacial score (nSPS) is 19.9. The van der Waals surface area contributed by atoms with Gasteiger partial charge >= 0.3 is 12.4 Å². The summed E-state index contributed by atoms with van der Waals surface area (Å²) in [7, 11) is 0. The standard InChI is InChI=1S/C17H10Cl3F3N2OS.C17H8Cl3F3N2S/c18-10-4-9(5-11(19)6-10)16(17(21,22)23)7-14(25-27-16)8-1-2-12(15(24)26)13(20)3-8;18-12-4-11(5-13(19)6-12)16(17(21,22)23)7-15(25-26-16)9-1-2-10(8-24)14(20)3-9/h1-6H,7H2,(H2,24,26);1-6H,7H2. The van der Waals surface area contributed by atoms with Crippen molar-refractivity contribution in [3.05, 3.63) is 136 Å². The third kappa shape index (κ3) is 8.55. The summed E-state index contributed by atoms with van der Waals surface area (Å²) in [6, 6.07) is 18.2. The van der Waals surface area contributed by atoms with Crippen molar-refractivity contribution in [2.45, 2.75) is 34.7 Å². The Labute approximate surface area is 336 Å². The van der Waals surface area contributed by atoms with Crippen molar-refractivity contribution in [3.8, 4) is 6.07 Å². The van der Waals surface area contributed by atoms with E-state index in [9.17, 15) is 31.1 Å². The number of rotatable bonds is 5. The van der Waals surface area contributed by atoms with Crippen LogP contribution in [0.2, 0.25) is 30.1 Å². The van der Waals surface area contributed by atoms with Crippen LogP contribution in [0.4, 0.5) is 26.3 Å². The number of halogens is 12. The topological polar surface area (TPSA) is 91.6 Å². The number of primary amides is 1. The zero-order valence-electron chi connectivity index (χ0n) is 26.0. The van der Waals surface area contributed by atoms with E-state index in [2.05, 4.69) is 8.80 Å². The highest BCUT2D eigenvalue weighted by Crippen LogP contribution is 2.58. The molecule has 4 aromatic rings. The molecule has 0 aliphatic carbocycles. The quantitative estimate of drug-likeness (QED) is 0.160. The van der Waals surface area contributed by atoms with Crippen molar-refractivity contribution in [3.63, 3.8) is 0 Å². The molecule has 2 aliphatic rings. The second-order valence-corrected chi connectivity index (χ2v) is 16.1. The number of carbonyl (C=O) groups excluding carboxylic acids is 1. The van der Waals surface area contributed by atoms with Crippen molar-refractivity contribution >= 4 is 111 Å². The fraction of sp³-hybridized carbons (Fsp3) is 0.176. The summed E-state index contributed by atoms with van der Waals surface area (Å²) in [4.78, 5) is 11.3. The maximum atomic E-state index is 14.0. The van der Waals surface area contributed by atoms with E-state index in [1.54, 1.807) is 0 Å². The van der Waals surface area contributed by atoms with E-state index in [0.717, 1.165) is 0 Å². The summed E-state index contributed by atoms with van der Waals surface area (Å²) in [6.07, 6.45) is -10.1. The molecule has 0 saturated heterocycles. The molecule has 0 radical (unpaired) electrons. The second-order valence-electron chi connectivity index (χ2n) is 11.4. The summed E-state index contributed by atoms with van der Waals surface area (Å²) in [5.74, 6) is -0.729. The molecule has 0 bridgehead atoms. The number of amides is 1. The highest BCUT2D eigenvalue weighted by atomic mass is 35.5. The lowest BCUT2D eigenvalue weighted by molar-refractivity contribution is -0.160. The van der Waals surface area contributed by atoms with E-state index in [4.69, 9.17) is 80.6 Å². The van der Waals surface area contributed by atoms with Gasteiger partial charge < -0.3 is 5.73 Å². The summed E-state index contributed by atoms with van der Waals surface area (Å²) < 4.78 is 87.6. The summed E-state index contributed by atoms with van der Waals surface area (Å²) in [5.41, 5.74) is 6.58. The van der Waals surface area contributed by atoms with E-state index in [1.165, 1.54) is 72.8 Å². The number of hydrogen-bond donors (Lipinski definition) is 1. The van der Waals surface area contributed by atoms with Gasteiger partial charge in [0.1, 0.15) is 6.07 Å². The van der Waals surface area contributed by atoms with Crippen LogP contribution in [0.1, 0.15) is 51.0 Å². The van der Waals surface area contributed by atoms with Crippen molar-refractivity contribution in [2.75, 3.05) is 0 Å². The fourth-order valence-electron chi connectivity index (χ4n) is 5.37. The van der Waals surface area contributed by atoms with Crippen LogP contribution < -0.4 is 5.73 Å². The van der Waals surface area contributed by atoms with Gasteiger partial charge in [0.2, 0.25) is 5.91 Å².